The molecule has 0 bridgehead atoms. The number of aliphatic hydroxyl groups excluding tert-OH is 1. The van der Waals surface area contributed by atoms with Gasteiger partial charge in [0.05, 0.1) is 0 Å². The summed E-state index contributed by atoms with van der Waals surface area (Å²) < 4.78 is 0. The number of hydrogen-bond donors (Lipinski definition) is 1. The molecule has 0 saturated carbocycles. The summed E-state index contributed by atoms with van der Waals surface area (Å²) in [5.41, 5.74) is 0. The van der Waals surface area contributed by atoms with Gasteiger partial charge in [-0.3, -0.25) is 4.79 Å². The fraction of sp³-hybridized carbons (Fsp3) is 0.917. The van der Waals surface area contributed by atoms with Crippen molar-refractivity contribution in [3.05, 3.63) is 0 Å². The molecule has 1 rings (SSSR count). The number of ketones is 1. The molecule has 1 saturated heterocycles. The summed E-state index contributed by atoms with van der Waals surface area (Å²) in [6.45, 7) is 5.48. The monoisotopic (exact) mass is 213 g/mol. The Morgan fingerprint density at radius 1 is 1.27 bits per heavy atom. The van der Waals surface area contributed by atoms with Crippen molar-refractivity contribution in [2.45, 2.75) is 51.6 Å². The first-order chi connectivity index (χ1) is 7.24. The van der Waals surface area contributed by atoms with Crippen molar-refractivity contribution in [1.29, 1.82) is 0 Å². The van der Waals surface area contributed by atoms with Gasteiger partial charge in [-0.15, -0.1) is 0 Å². The smallest absolute Gasteiger partial charge is 0.161 e. The number of rotatable bonds is 1. The minimum atomic E-state index is -0.696. The van der Waals surface area contributed by atoms with E-state index in [1.54, 1.807) is 0 Å². The molecule has 0 aromatic carbocycles. The Bertz CT molecular complexity index is 194. The Kier molecular flexibility index (Phi) is 5.88. The number of aliphatic hydroxyl groups is 1. The van der Waals surface area contributed by atoms with Gasteiger partial charge in [0.2, 0.25) is 0 Å². The molecule has 0 radical (unpaired) electrons. The van der Waals surface area contributed by atoms with Crippen LogP contribution >= 0.6 is 0 Å². The zero-order valence-corrected chi connectivity index (χ0v) is 9.74. The maximum absolute atomic E-state index is 11.4. The van der Waals surface area contributed by atoms with Crippen LogP contribution in [0.25, 0.3) is 0 Å². The highest BCUT2D eigenvalue weighted by Crippen LogP contribution is 2.10. The summed E-state index contributed by atoms with van der Waals surface area (Å²) in [6, 6.07) is 0. The molecule has 88 valence electrons. The maximum Gasteiger partial charge on any atom is 0.161 e. The maximum atomic E-state index is 11.4. The lowest BCUT2D eigenvalue weighted by Gasteiger charge is -2.19. The van der Waals surface area contributed by atoms with Crippen LogP contribution in [-0.4, -0.2) is 41.5 Å². The predicted molar refractivity (Wildman–Crippen MR) is 60.8 cm³/mol. The standard InChI is InChI=1S/C12H23NO2/c1-2-13-9-5-3-7-11(14)12(15)8-4-6-10-13/h11,14H,2-10H2,1H3. The molecule has 1 aliphatic rings. The van der Waals surface area contributed by atoms with Gasteiger partial charge >= 0.3 is 0 Å². The summed E-state index contributed by atoms with van der Waals surface area (Å²) in [5, 5.41) is 9.55. The minimum Gasteiger partial charge on any atom is -0.385 e. The van der Waals surface area contributed by atoms with Gasteiger partial charge in [0.1, 0.15) is 6.10 Å². The average molecular weight is 213 g/mol. The van der Waals surface area contributed by atoms with Crippen LogP contribution in [0.4, 0.5) is 0 Å². The number of carbonyl (C=O) groups is 1. The van der Waals surface area contributed by atoms with Gasteiger partial charge in [-0.1, -0.05) is 6.92 Å². The van der Waals surface area contributed by atoms with Crippen LogP contribution in [0.1, 0.15) is 45.4 Å². The molecule has 0 amide bonds. The normalized spacial score (nSPS) is 27.3. The van der Waals surface area contributed by atoms with E-state index in [0.717, 1.165) is 45.3 Å². The lowest BCUT2D eigenvalue weighted by molar-refractivity contribution is -0.127. The third-order valence-electron chi connectivity index (χ3n) is 3.17. The highest BCUT2D eigenvalue weighted by atomic mass is 16.3. The van der Waals surface area contributed by atoms with E-state index in [1.807, 2.05) is 0 Å². The predicted octanol–water partition coefficient (Wildman–Crippen LogP) is 1.59. The molecule has 1 N–H and O–H groups in total. The van der Waals surface area contributed by atoms with Crippen molar-refractivity contribution in [1.82, 2.24) is 4.90 Å². The molecule has 0 spiro atoms. The first-order valence-corrected chi connectivity index (χ1v) is 6.17. The minimum absolute atomic E-state index is 0.0416. The van der Waals surface area contributed by atoms with Gasteiger partial charge in [-0.2, -0.15) is 0 Å². The summed E-state index contributed by atoms with van der Waals surface area (Å²) in [6.07, 6.45) is 4.56. The average Bonchev–Trinajstić information content (AvgIpc) is 2.28. The topological polar surface area (TPSA) is 40.5 Å². The Morgan fingerprint density at radius 3 is 2.60 bits per heavy atom. The van der Waals surface area contributed by atoms with E-state index in [0.29, 0.717) is 12.8 Å². The molecule has 0 aromatic heterocycles. The molecule has 0 aromatic rings. The lowest BCUT2D eigenvalue weighted by atomic mass is 10.0. The van der Waals surface area contributed by atoms with Crippen LogP contribution < -0.4 is 0 Å². The second-order valence-electron chi connectivity index (χ2n) is 4.37. The molecule has 15 heavy (non-hydrogen) atoms. The first kappa shape index (κ1) is 12.7. The lowest BCUT2D eigenvalue weighted by Crippen LogP contribution is -2.25. The molecule has 0 aliphatic carbocycles. The summed E-state index contributed by atoms with van der Waals surface area (Å²) >= 11 is 0. The summed E-state index contributed by atoms with van der Waals surface area (Å²) in [5.74, 6) is 0.0416. The van der Waals surface area contributed by atoms with E-state index in [2.05, 4.69) is 11.8 Å². The van der Waals surface area contributed by atoms with E-state index in [4.69, 9.17) is 0 Å². The van der Waals surface area contributed by atoms with Crippen LogP contribution in [-0.2, 0) is 4.79 Å². The Labute approximate surface area is 92.5 Å². The summed E-state index contributed by atoms with van der Waals surface area (Å²) in [7, 11) is 0. The third-order valence-corrected chi connectivity index (χ3v) is 3.17. The van der Waals surface area contributed by atoms with E-state index in [9.17, 15) is 9.90 Å². The van der Waals surface area contributed by atoms with Crippen LogP contribution in [0, 0.1) is 0 Å². The van der Waals surface area contributed by atoms with Crippen LogP contribution in [0.15, 0.2) is 0 Å². The van der Waals surface area contributed by atoms with Gasteiger partial charge in [-0.25, -0.2) is 0 Å². The zero-order chi connectivity index (χ0) is 11.1. The van der Waals surface area contributed by atoms with Crippen LogP contribution in [0.2, 0.25) is 0 Å². The van der Waals surface area contributed by atoms with Crippen molar-refractivity contribution in [3.63, 3.8) is 0 Å². The van der Waals surface area contributed by atoms with Gasteiger partial charge in [0, 0.05) is 6.42 Å². The van der Waals surface area contributed by atoms with Crippen LogP contribution in [0.5, 0.6) is 0 Å². The Morgan fingerprint density at radius 2 is 1.93 bits per heavy atom. The van der Waals surface area contributed by atoms with Crippen molar-refractivity contribution >= 4 is 5.78 Å². The molecular weight excluding hydrogens is 190 g/mol. The molecular formula is C12H23NO2. The molecule has 3 heteroatoms. The quantitative estimate of drug-likeness (QED) is 0.719. The number of carbonyl (C=O) groups excluding carboxylic acids is 1. The second kappa shape index (κ2) is 6.96. The Hall–Kier alpha value is -0.410. The van der Waals surface area contributed by atoms with E-state index in [1.165, 1.54) is 0 Å². The summed E-state index contributed by atoms with van der Waals surface area (Å²) in [4.78, 5) is 13.9. The molecule has 1 heterocycles. The number of nitrogens with zero attached hydrogens (tertiary/aromatic N) is 1. The van der Waals surface area contributed by atoms with Crippen molar-refractivity contribution in [3.8, 4) is 0 Å². The van der Waals surface area contributed by atoms with Gasteiger partial charge < -0.3 is 10.0 Å². The van der Waals surface area contributed by atoms with Crippen molar-refractivity contribution < 1.29 is 9.90 Å². The molecule has 1 unspecified atom stereocenters. The van der Waals surface area contributed by atoms with Gasteiger partial charge in [-0.05, 0) is 51.7 Å². The van der Waals surface area contributed by atoms with Crippen molar-refractivity contribution in [2.75, 3.05) is 19.6 Å². The third kappa shape index (κ3) is 4.76. The fourth-order valence-corrected chi connectivity index (χ4v) is 2.06. The Balaban J connectivity index is 2.39. The second-order valence-corrected chi connectivity index (χ2v) is 4.37. The van der Waals surface area contributed by atoms with E-state index < -0.39 is 6.10 Å². The molecule has 1 fully saturated rings. The fourth-order valence-electron chi connectivity index (χ4n) is 2.06. The van der Waals surface area contributed by atoms with E-state index >= 15 is 0 Å². The number of hydrogen-bond acceptors (Lipinski definition) is 3. The van der Waals surface area contributed by atoms with Crippen molar-refractivity contribution in [2.24, 2.45) is 0 Å². The molecule has 1 aliphatic heterocycles. The largest absolute Gasteiger partial charge is 0.385 e. The highest BCUT2D eigenvalue weighted by molar-refractivity contribution is 5.82. The molecule has 1 atom stereocenters. The van der Waals surface area contributed by atoms with Crippen LogP contribution in [0.3, 0.4) is 0 Å². The first-order valence-electron chi connectivity index (χ1n) is 6.17. The molecule has 3 nitrogen and oxygen atoms in total. The van der Waals surface area contributed by atoms with E-state index in [-0.39, 0.29) is 5.78 Å². The van der Waals surface area contributed by atoms with Gasteiger partial charge in [0.15, 0.2) is 5.78 Å². The highest BCUT2D eigenvalue weighted by Gasteiger charge is 2.15. The zero-order valence-electron chi connectivity index (χ0n) is 9.74. The number of Topliss-reactive ketones (excluding diaryl/α,β-unsaturated/α-hetero) is 1. The van der Waals surface area contributed by atoms with Gasteiger partial charge in [0.25, 0.3) is 0 Å². The SMILES string of the molecule is CCN1CCCCC(=O)C(O)CCCC1.